The van der Waals surface area contributed by atoms with Crippen LogP contribution in [0.5, 0.6) is 5.75 Å². The van der Waals surface area contributed by atoms with Gasteiger partial charge in [-0.1, -0.05) is 0 Å². The van der Waals surface area contributed by atoms with Crippen LogP contribution in [-0.4, -0.2) is 48.3 Å². The highest BCUT2D eigenvalue weighted by molar-refractivity contribution is 6.00. The summed E-state index contributed by atoms with van der Waals surface area (Å²) < 4.78 is 6.24. The van der Waals surface area contributed by atoms with Gasteiger partial charge in [0.25, 0.3) is 0 Å². The molecule has 2 saturated heterocycles. The number of carbonyl (C=O) groups is 1. The normalized spacial score (nSPS) is 18.8. The molecule has 2 fully saturated rings. The Kier molecular flexibility index (Phi) is 4.93. The SMILES string of the molecule is O=C(O)c1cnc2c(OC3CCNCC3)ccc(N3CCCCC3)c2c1. The highest BCUT2D eigenvalue weighted by Crippen LogP contribution is 2.35. The Balaban J connectivity index is 1.75. The van der Waals surface area contributed by atoms with Crippen LogP contribution in [0.1, 0.15) is 42.5 Å². The summed E-state index contributed by atoms with van der Waals surface area (Å²) in [6.45, 7) is 3.93. The Labute approximate surface area is 153 Å². The highest BCUT2D eigenvalue weighted by Gasteiger charge is 2.20. The van der Waals surface area contributed by atoms with Gasteiger partial charge < -0.3 is 20.1 Å². The fourth-order valence-electron chi connectivity index (χ4n) is 3.90. The standard InChI is InChI=1S/C20H25N3O3/c24-20(25)14-12-16-17(23-10-2-1-3-11-23)4-5-18(19(16)22-13-14)26-15-6-8-21-9-7-15/h4-5,12-13,15,21H,1-3,6-11H2,(H,24,25). The summed E-state index contributed by atoms with van der Waals surface area (Å²) in [6, 6.07) is 5.81. The van der Waals surface area contributed by atoms with Crippen LogP contribution in [0, 0.1) is 0 Å². The lowest BCUT2D eigenvalue weighted by molar-refractivity contribution is 0.0696. The van der Waals surface area contributed by atoms with Crippen LogP contribution < -0.4 is 15.0 Å². The number of aromatic carboxylic acids is 1. The Bertz CT molecular complexity index is 796. The second-order valence-corrected chi connectivity index (χ2v) is 7.12. The first-order chi connectivity index (χ1) is 12.7. The number of pyridine rings is 1. The third kappa shape index (κ3) is 3.46. The second kappa shape index (κ2) is 7.50. The Hall–Kier alpha value is -2.34. The second-order valence-electron chi connectivity index (χ2n) is 7.12. The van der Waals surface area contributed by atoms with Gasteiger partial charge in [-0.05, 0) is 63.4 Å². The molecule has 6 nitrogen and oxygen atoms in total. The van der Waals surface area contributed by atoms with Gasteiger partial charge in [0.1, 0.15) is 17.4 Å². The van der Waals surface area contributed by atoms with E-state index in [1.165, 1.54) is 25.5 Å². The van der Waals surface area contributed by atoms with E-state index in [0.29, 0.717) is 0 Å². The highest BCUT2D eigenvalue weighted by atomic mass is 16.5. The van der Waals surface area contributed by atoms with Gasteiger partial charge in [0.15, 0.2) is 0 Å². The summed E-state index contributed by atoms with van der Waals surface area (Å²) >= 11 is 0. The zero-order chi connectivity index (χ0) is 17.9. The van der Waals surface area contributed by atoms with Crippen molar-refractivity contribution in [2.75, 3.05) is 31.1 Å². The van der Waals surface area contributed by atoms with E-state index in [4.69, 9.17) is 4.74 Å². The number of piperidine rings is 2. The van der Waals surface area contributed by atoms with E-state index in [9.17, 15) is 9.90 Å². The fourth-order valence-corrected chi connectivity index (χ4v) is 3.90. The molecule has 6 heteroatoms. The van der Waals surface area contributed by atoms with E-state index in [1.807, 2.05) is 6.07 Å². The molecule has 0 atom stereocenters. The molecule has 2 aliphatic rings. The van der Waals surface area contributed by atoms with E-state index < -0.39 is 5.97 Å². The minimum atomic E-state index is -0.950. The summed E-state index contributed by atoms with van der Waals surface area (Å²) in [4.78, 5) is 18.3. The molecule has 0 radical (unpaired) electrons. The van der Waals surface area contributed by atoms with Crippen LogP contribution in [0.15, 0.2) is 24.4 Å². The number of anilines is 1. The van der Waals surface area contributed by atoms with Gasteiger partial charge in [0.2, 0.25) is 0 Å². The van der Waals surface area contributed by atoms with Gasteiger partial charge in [-0.25, -0.2) is 4.79 Å². The number of rotatable bonds is 4. The number of hydrogen-bond donors (Lipinski definition) is 2. The van der Waals surface area contributed by atoms with Crippen molar-refractivity contribution in [1.29, 1.82) is 0 Å². The number of nitrogens with zero attached hydrogens (tertiary/aromatic N) is 2. The first kappa shape index (κ1) is 17.1. The molecule has 2 aliphatic heterocycles. The van der Waals surface area contributed by atoms with E-state index >= 15 is 0 Å². The van der Waals surface area contributed by atoms with Crippen LogP contribution in [0.25, 0.3) is 10.9 Å². The van der Waals surface area contributed by atoms with Crippen LogP contribution in [-0.2, 0) is 0 Å². The number of fused-ring (bicyclic) bond motifs is 1. The molecule has 2 aromatic rings. The molecule has 1 aromatic heterocycles. The van der Waals surface area contributed by atoms with E-state index in [-0.39, 0.29) is 11.7 Å². The maximum Gasteiger partial charge on any atom is 0.337 e. The predicted octanol–water partition coefficient (Wildman–Crippen LogP) is 3.05. The average molecular weight is 355 g/mol. The molecule has 2 N–H and O–H groups in total. The summed E-state index contributed by atoms with van der Waals surface area (Å²) in [6.07, 6.45) is 7.15. The Morgan fingerprint density at radius 2 is 1.96 bits per heavy atom. The molecular formula is C20H25N3O3. The molecular weight excluding hydrogens is 330 g/mol. The third-order valence-corrected chi connectivity index (χ3v) is 5.31. The van der Waals surface area contributed by atoms with Crippen molar-refractivity contribution in [2.45, 2.75) is 38.2 Å². The lowest BCUT2D eigenvalue weighted by Crippen LogP contribution is -2.34. The lowest BCUT2D eigenvalue weighted by Gasteiger charge is -2.30. The zero-order valence-corrected chi connectivity index (χ0v) is 14.9. The predicted molar refractivity (Wildman–Crippen MR) is 101 cm³/mol. The van der Waals surface area contributed by atoms with Crippen molar-refractivity contribution < 1.29 is 14.6 Å². The number of hydrogen-bond acceptors (Lipinski definition) is 5. The van der Waals surface area contributed by atoms with Gasteiger partial charge >= 0.3 is 5.97 Å². The topological polar surface area (TPSA) is 74.7 Å². The molecule has 4 rings (SSSR count). The zero-order valence-electron chi connectivity index (χ0n) is 14.9. The molecule has 26 heavy (non-hydrogen) atoms. The van der Waals surface area contributed by atoms with Crippen LogP contribution in [0.4, 0.5) is 5.69 Å². The molecule has 1 aromatic carbocycles. The Morgan fingerprint density at radius 3 is 2.69 bits per heavy atom. The van der Waals surface area contributed by atoms with Gasteiger partial charge in [-0.15, -0.1) is 0 Å². The van der Waals surface area contributed by atoms with E-state index in [2.05, 4.69) is 21.3 Å². The molecule has 0 spiro atoms. The van der Waals surface area contributed by atoms with Gasteiger partial charge in [0, 0.05) is 30.4 Å². The summed E-state index contributed by atoms with van der Waals surface area (Å²) in [5, 5.41) is 13.6. The number of carboxylic acids is 1. The molecule has 0 bridgehead atoms. The van der Waals surface area contributed by atoms with E-state index in [1.54, 1.807) is 6.07 Å². The average Bonchev–Trinajstić information content (AvgIpc) is 2.69. The quantitative estimate of drug-likeness (QED) is 0.878. The lowest BCUT2D eigenvalue weighted by atomic mass is 10.1. The number of aromatic nitrogens is 1. The molecule has 3 heterocycles. The number of benzene rings is 1. The minimum Gasteiger partial charge on any atom is -0.488 e. The Morgan fingerprint density at radius 1 is 1.19 bits per heavy atom. The van der Waals surface area contributed by atoms with Crippen molar-refractivity contribution in [3.05, 3.63) is 30.0 Å². The first-order valence-electron chi connectivity index (χ1n) is 9.51. The molecule has 0 aliphatic carbocycles. The summed E-state index contributed by atoms with van der Waals surface area (Å²) in [5.74, 6) is -0.196. The van der Waals surface area contributed by atoms with E-state index in [0.717, 1.165) is 61.4 Å². The molecule has 0 unspecified atom stereocenters. The van der Waals surface area contributed by atoms with Crippen LogP contribution in [0.3, 0.4) is 0 Å². The van der Waals surface area contributed by atoms with Crippen molar-refractivity contribution in [3.8, 4) is 5.75 Å². The van der Waals surface area contributed by atoms with Crippen molar-refractivity contribution in [1.82, 2.24) is 10.3 Å². The summed E-state index contributed by atoms with van der Waals surface area (Å²) in [7, 11) is 0. The van der Waals surface area contributed by atoms with Gasteiger partial charge in [-0.3, -0.25) is 4.98 Å². The van der Waals surface area contributed by atoms with Gasteiger partial charge in [0.05, 0.1) is 5.56 Å². The monoisotopic (exact) mass is 355 g/mol. The fraction of sp³-hybridized carbons (Fsp3) is 0.500. The summed E-state index contributed by atoms with van der Waals surface area (Å²) in [5.41, 5.74) is 2.04. The smallest absolute Gasteiger partial charge is 0.337 e. The number of ether oxygens (including phenoxy) is 1. The van der Waals surface area contributed by atoms with Crippen LogP contribution in [0.2, 0.25) is 0 Å². The van der Waals surface area contributed by atoms with Gasteiger partial charge in [-0.2, -0.15) is 0 Å². The first-order valence-corrected chi connectivity index (χ1v) is 9.51. The molecule has 0 amide bonds. The number of nitrogens with one attached hydrogen (secondary N) is 1. The molecule has 138 valence electrons. The van der Waals surface area contributed by atoms with Crippen molar-refractivity contribution >= 4 is 22.6 Å². The van der Waals surface area contributed by atoms with Crippen LogP contribution >= 0.6 is 0 Å². The maximum absolute atomic E-state index is 11.4. The molecule has 0 saturated carbocycles. The minimum absolute atomic E-state index is 0.182. The van der Waals surface area contributed by atoms with Crippen molar-refractivity contribution in [3.63, 3.8) is 0 Å². The third-order valence-electron chi connectivity index (χ3n) is 5.31. The van der Waals surface area contributed by atoms with Crippen molar-refractivity contribution in [2.24, 2.45) is 0 Å². The maximum atomic E-state index is 11.4. The number of carboxylic acid groups (broad SMARTS) is 1. The largest absolute Gasteiger partial charge is 0.488 e.